The molecule has 2 aliphatic heterocycles. The van der Waals surface area contributed by atoms with E-state index in [4.69, 9.17) is 0 Å². The van der Waals surface area contributed by atoms with Gasteiger partial charge in [0.1, 0.15) is 0 Å². The van der Waals surface area contributed by atoms with E-state index in [9.17, 15) is 9.90 Å². The molecule has 0 aliphatic carbocycles. The summed E-state index contributed by atoms with van der Waals surface area (Å²) in [5.41, 5.74) is 1.22. The Hall–Kier alpha value is -1.03. The van der Waals surface area contributed by atoms with Crippen molar-refractivity contribution in [3.8, 4) is 0 Å². The fourth-order valence-electron chi connectivity index (χ4n) is 3.44. The van der Waals surface area contributed by atoms with Gasteiger partial charge < -0.3 is 10.0 Å². The number of piperidine rings is 1. The molecule has 2 saturated heterocycles. The van der Waals surface area contributed by atoms with E-state index in [1.165, 1.54) is 5.69 Å². The van der Waals surface area contributed by atoms with Crippen LogP contribution in [0.1, 0.15) is 25.7 Å². The Morgan fingerprint density at radius 2 is 1.94 bits per heavy atom. The van der Waals surface area contributed by atoms with Crippen molar-refractivity contribution < 1.29 is 9.90 Å². The molecule has 0 aromatic heterocycles. The third kappa shape index (κ3) is 2.03. The predicted molar refractivity (Wildman–Crippen MR) is 73.8 cm³/mol. The number of anilines is 1. The molecule has 2 heterocycles. The van der Waals surface area contributed by atoms with Gasteiger partial charge in [0.15, 0.2) is 0 Å². The van der Waals surface area contributed by atoms with E-state index in [0.29, 0.717) is 12.1 Å². The van der Waals surface area contributed by atoms with E-state index in [2.05, 4.69) is 33.0 Å². The monoisotopic (exact) mass is 309 g/mol. The van der Waals surface area contributed by atoms with Gasteiger partial charge in [-0.3, -0.25) is 4.79 Å². The molecule has 2 fully saturated rings. The molecule has 2 atom stereocenters. The fraction of sp³-hybridized carbons (Fsp3) is 0.500. The molecular weight excluding hydrogens is 294 g/mol. The normalized spacial score (nSPS) is 30.5. The molecule has 2 unspecified atom stereocenters. The zero-order valence-electron chi connectivity index (χ0n) is 10.1. The van der Waals surface area contributed by atoms with Crippen LogP contribution >= 0.6 is 15.9 Å². The van der Waals surface area contributed by atoms with Crippen molar-refractivity contribution in [2.45, 2.75) is 37.8 Å². The first-order chi connectivity index (χ1) is 8.65. The van der Waals surface area contributed by atoms with Crippen LogP contribution in [0.5, 0.6) is 0 Å². The maximum absolute atomic E-state index is 11.1. The van der Waals surface area contributed by atoms with Crippen LogP contribution in [0.15, 0.2) is 28.7 Å². The molecule has 1 aromatic carbocycles. The number of benzene rings is 1. The van der Waals surface area contributed by atoms with Crippen LogP contribution in [-0.4, -0.2) is 23.2 Å². The molecule has 96 valence electrons. The zero-order valence-corrected chi connectivity index (χ0v) is 11.6. The number of hydrogen-bond acceptors (Lipinski definition) is 2. The van der Waals surface area contributed by atoms with Crippen molar-refractivity contribution >= 4 is 27.6 Å². The molecule has 0 radical (unpaired) electrons. The van der Waals surface area contributed by atoms with Gasteiger partial charge in [0.05, 0.1) is 5.92 Å². The van der Waals surface area contributed by atoms with Crippen LogP contribution in [-0.2, 0) is 4.79 Å². The van der Waals surface area contributed by atoms with Crippen molar-refractivity contribution in [2.24, 2.45) is 5.92 Å². The largest absolute Gasteiger partial charge is 0.481 e. The molecule has 4 heteroatoms. The first-order valence-corrected chi connectivity index (χ1v) is 7.21. The summed E-state index contributed by atoms with van der Waals surface area (Å²) in [4.78, 5) is 13.6. The smallest absolute Gasteiger partial charge is 0.306 e. The third-order valence-electron chi connectivity index (χ3n) is 4.19. The van der Waals surface area contributed by atoms with Crippen LogP contribution < -0.4 is 4.90 Å². The quantitative estimate of drug-likeness (QED) is 0.911. The Balaban J connectivity index is 1.86. The van der Waals surface area contributed by atoms with Crippen LogP contribution in [0.2, 0.25) is 0 Å². The zero-order chi connectivity index (χ0) is 12.7. The van der Waals surface area contributed by atoms with Crippen molar-refractivity contribution in [1.29, 1.82) is 0 Å². The van der Waals surface area contributed by atoms with Gasteiger partial charge in [0.2, 0.25) is 0 Å². The number of fused-ring (bicyclic) bond motifs is 2. The SMILES string of the molecule is O=C(O)C1CC2CCC(C1)N2c1cccc(Br)c1. The summed E-state index contributed by atoms with van der Waals surface area (Å²) in [5, 5.41) is 9.18. The van der Waals surface area contributed by atoms with Crippen molar-refractivity contribution in [2.75, 3.05) is 4.90 Å². The summed E-state index contributed by atoms with van der Waals surface area (Å²) in [6.45, 7) is 0. The van der Waals surface area contributed by atoms with E-state index in [1.807, 2.05) is 12.1 Å². The minimum Gasteiger partial charge on any atom is -0.481 e. The number of halogens is 1. The lowest BCUT2D eigenvalue weighted by Gasteiger charge is -2.39. The van der Waals surface area contributed by atoms with E-state index in [0.717, 1.165) is 30.2 Å². The number of carbonyl (C=O) groups is 1. The van der Waals surface area contributed by atoms with E-state index in [1.54, 1.807) is 0 Å². The fourth-order valence-corrected chi connectivity index (χ4v) is 3.82. The second-order valence-electron chi connectivity index (χ2n) is 5.28. The lowest BCUT2D eigenvalue weighted by Crippen LogP contribution is -2.44. The van der Waals surface area contributed by atoms with E-state index < -0.39 is 5.97 Å². The van der Waals surface area contributed by atoms with Crippen molar-refractivity contribution in [3.63, 3.8) is 0 Å². The molecule has 18 heavy (non-hydrogen) atoms. The lowest BCUT2D eigenvalue weighted by atomic mass is 9.90. The number of rotatable bonds is 2. The number of aliphatic carboxylic acids is 1. The minimum atomic E-state index is -0.624. The molecule has 3 nitrogen and oxygen atoms in total. The molecule has 0 spiro atoms. The Morgan fingerprint density at radius 1 is 1.28 bits per heavy atom. The second-order valence-corrected chi connectivity index (χ2v) is 6.19. The lowest BCUT2D eigenvalue weighted by molar-refractivity contribution is -0.142. The van der Waals surface area contributed by atoms with Gasteiger partial charge in [-0.05, 0) is 43.9 Å². The summed E-state index contributed by atoms with van der Waals surface area (Å²) >= 11 is 3.50. The van der Waals surface area contributed by atoms with Crippen LogP contribution in [0.25, 0.3) is 0 Å². The number of carboxylic acid groups (broad SMARTS) is 1. The number of nitrogens with zero attached hydrogens (tertiary/aromatic N) is 1. The molecule has 1 N–H and O–H groups in total. The van der Waals surface area contributed by atoms with Gasteiger partial charge in [-0.1, -0.05) is 22.0 Å². The average Bonchev–Trinajstić information content (AvgIpc) is 2.59. The highest BCUT2D eigenvalue weighted by atomic mass is 79.9. The Kier molecular flexibility index (Phi) is 3.06. The highest BCUT2D eigenvalue weighted by molar-refractivity contribution is 9.10. The molecule has 0 saturated carbocycles. The summed E-state index contributed by atoms with van der Waals surface area (Å²) in [6, 6.07) is 9.12. The van der Waals surface area contributed by atoms with Crippen molar-refractivity contribution in [1.82, 2.24) is 0 Å². The van der Waals surface area contributed by atoms with Gasteiger partial charge in [-0.2, -0.15) is 0 Å². The highest BCUT2D eigenvalue weighted by Crippen LogP contribution is 2.42. The maximum atomic E-state index is 11.1. The molecular formula is C14H16BrNO2. The Morgan fingerprint density at radius 3 is 2.50 bits per heavy atom. The predicted octanol–water partition coefficient (Wildman–Crippen LogP) is 3.28. The van der Waals surface area contributed by atoms with Gasteiger partial charge in [0.25, 0.3) is 0 Å². The summed E-state index contributed by atoms with van der Waals surface area (Å²) in [7, 11) is 0. The molecule has 1 aromatic rings. The van der Waals surface area contributed by atoms with Gasteiger partial charge in [-0.15, -0.1) is 0 Å². The number of carboxylic acids is 1. The summed E-state index contributed by atoms with van der Waals surface area (Å²) in [5.74, 6) is -0.772. The summed E-state index contributed by atoms with van der Waals surface area (Å²) < 4.78 is 1.08. The molecule has 2 bridgehead atoms. The minimum absolute atomic E-state index is 0.147. The van der Waals surface area contributed by atoms with E-state index >= 15 is 0 Å². The molecule has 3 rings (SSSR count). The summed E-state index contributed by atoms with van der Waals surface area (Å²) in [6.07, 6.45) is 3.83. The number of hydrogen-bond donors (Lipinski definition) is 1. The standard InChI is InChI=1S/C14H16BrNO2/c15-10-2-1-3-11(8-10)16-12-4-5-13(16)7-9(6-12)14(17)18/h1-3,8-9,12-13H,4-7H2,(H,17,18). The molecule has 0 amide bonds. The van der Waals surface area contributed by atoms with Crippen molar-refractivity contribution in [3.05, 3.63) is 28.7 Å². The maximum Gasteiger partial charge on any atom is 0.306 e. The van der Waals surface area contributed by atoms with Crippen LogP contribution in [0.3, 0.4) is 0 Å². The van der Waals surface area contributed by atoms with E-state index in [-0.39, 0.29) is 5.92 Å². The van der Waals surface area contributed by atoms with Crippen LogP contribution in [0.4, 0.5) is 5.69 Å². The average molecular weight is 310 g/mol. The first-order valence-electron chi connectivity index (χ1n) is 6.42. The van der Waals surface area contributed by atoms with Gasteiger partial charge in [-0.25, -0.2) is 0 Å². The third-order valence-corrected chi connectivity index (χ3v) is 4.68. The first kappa shape index (κ1) is 12.0. The highest BCUT2D eigenvalue weighted by Gasteiger charge is 2.42. The van der Waals surface area contributed by atoms with Crippen LogP contribution in [0, 0.1) is 5.92 Å². The Bertz CT molecular complexity index is 463. The second kappa shape index (κ2) is 4.57. The van der Waals surface area contributed by atoms with Gasteiger partial charge in [0, 0.05) is 22.2 Å². The topological polar surface area (TPSA) is 40.5 Å². The van der Waals surface area contributed by atoms with Gasteiger partial charge >= 0.3 is 5.97 Å². The molecule has 2 aliphatic rings. The Labute approximate surface area is 115 Å².